The van der Waals surface area contributed by atoms with Crippen LogP contribution in [0.2, 0.25) is 0 Å². The molecule has 5 nitrogen and oxygen atoms in total. The van der Waals surface area contributed by atoms with Gasteiger partial charge in [0.2, 0.25) is 0 Å². The van der Waals surface area contributed by atoms with Crippen LogP contribution >= 0.6 is 27.3 Å². The molecular weight excluding hydrogens is 344 g/mol. The second-order valence-electron chi connectivity index (χ2n) is 5.07. The van der Waals surface area contributed by atoms with Crippen LogP contribution in [0.25, 0.3) is 0 Å². The number of hydrogen-bond donors (Lipinski definition) is 1. The molecule has 0 aliphatic carbocycles. The van der Waals surface area contributed by atoms with Crippen molar-refractivity contribution in [3.8, 4) is 0 Å². The number of aliphatic carboxylic acids is 1. The third-order valence-corrected chi connectivity index (χ3v) is 5.04. The largest absolute Gasteiger partial charge is 0.481 e. The lowest BCUT2D eigenvalue weighted by atomic mass is 10.1. The van der Waals surface area contributed by atoms with Crippen molar-refractivity contribution in [2.45, 2.75) is 19.4 Å². The molecule has 0 aromatic carbocycles. The maximum atomic E-state index is 12.3. The molecule has 1 aromatic rings. The average Bonchev–Trinajstić information content (AvgIpc) is 2.97. The smallest absolute Gasteiger partial charge is 0.320 e. The summed E-state index contributed by atoms with van der Waals surface area (Å²) in [6.45, 7) is 1.77. The summed E-state index contributed by atoms with van der Waals surface area (Å²) in [4.78, 5) is 27.5. The quantitative estimate of drug-likeness (QED) is 0.897. The van der Waals surface area contributed by atoms with Crippen LogP contribution in [0.1, 0.15) is 17.7 Å². The zero-order valence-electron chi connectivity index (χ0n) is 11.2. The Bertz CT molecular complexity index is 506. The van der Waals surface area contributed by atoms with E-state index in [9.17, 15) is 9.59 Å². The van der Waals surface area contributed by atoms with Crippen LogP contribution in [0, 0.1) is 5.92 Å². The molecule has 2 rings (SSSR count). The predicted octanol–water partition coefficient (Wildman–Crippen LogP) is 2.86. The molecule has 7 heteroatoms. The van der Waals surface area contributed by atoms with E-state index in [-0.39, 0.29) is 18.4 Å². The molecule has 20 heavy (non-hydrogen) atoms. The summed E-state index contributed by atoms with van der Waals surface area (Å²) in [7, 11) is 1.78. The Morgan fingerprint density at radius 2 is 2.35 bits per heavy atom. The second kappa shape index (κ2) is 6.58. The number of carboxylic acid groups (broad SMARTS) is 1. The molecule has 1 atom stereocenters. The summed E-state index contributed by atoms with van der Waals surface area (Å²) >= 11 is 5.01. The Labute approximate surface area is 130 Å². The minimum absolute atomic E-state index is 0.0255. The molecule has 1 fully saturated rings. The van der Waals surface area contributed by atoms with Crippen molar-refractivity contribution in [3.63, 3.8) is 0 Å². The highest BCUT2D eigenvalue weighted by Gasteiger charge is 2.29. The van der Waals surface area contributed by atoms with Crippen LogP contribution in [-0.2, 0) is 11.3 Å². The first kappa shape index (κ1) is 15.3. The molecule has 2 amide bonds. The van der Waals surface area contributed by atoms with Gasteiger partial charge in [0.15, 0.2) is 0 Å². The van der Waals surface area contributed by atoms with E-state index >= 15 is 0 Å². The molecule has 1 aromatic heterocycles. The van der Waals surface area contributed by atoms with Crippen molar-refractivity contribution in [2.24, 2.45) is 5.92 Å². The Morgan fingerprint density at radius 3 is 2.95 bits per heavy atom. The van der Waals surface area contributed by atoms with Gasteiger partial charge in [-0.05, 0) is 34.3 Å². The van der Waals surface area contributed by atoms with E-state index in [0.29, 0.717) is 19.6 Å². The van der Waals surface area contributed by atoms with Crippen LogP contribution in [0.5, 0.6) is 0 Å². The third kappa shape index (κ3) is 3.96. The Hall–Kier alpha value is -1.08. The second-order valence-corrected chi connectivity index (χ2v) is 6.98. The van der Waals surface area contributed by atoms with Gasteiger partial charge in [-0.3, -0.25) is 4.79 Å². The number of carboxylic acids is 1. The van der Waals surface area contributed by atoms with Gasteiger partial charge in [-0.15, -0.1) is 11.3 Å². The van der Waals surface area contributed by atoms with Crippen molar-refractivity contribution in [1.82, 2.24) is 9.80 Å². The minimum atomic E-state index is -0.791. The van der Waals surface area contributed by atoms with Crippen LogP contribution in [0.4, 0.5) is 4.79 Å². The van der Waals surface area contributed by atoms with Crippen molar-refractivity contribution in [2.75, 3.05) is 20.1 Å². The van der Waals surface area contributed by atoms with Gasteiger partial charge >= 0.3 is 12.0 Å². The highest BCUT2D eigenvalue weighted by Crippen LogP contribution is 2.23. The Morgan fingerprint density at radius 1 is 1.60 bits per heavy atom. The Balaban J connectivity index is 1.86. The highest BCUT2D eigenvalue weighted by molar-refractivity contribution is 9.10. The number of nitrogens with zero attached hydrogens (tertiary/aromatic N) is 2. The van der Waals surface area contributed by atoms with Gasteiger partial charge in [0.1, 0.15) is 0 Å². The lowest BCUT2D eigenvalue weighted by Crippen LogP contribution is -2.39. The van der Waals surface area contributed by atoms with E-state index in [1.54, 1.807) is 28.2 Å². The van der Waals surface area contributed by atoms with Crippen molar-refractivity contribution in [3.05, 3.63) is 20.8 Å². The summed E-state index contributed by atoms with van der Waals surface area (Å²) in [6.07, 6.45) is 0.918. The molecule has 1 saturated heterocycles. The molecule has 1 unspecified atom stereocenters. The number of hydrogen-bond acceptors (Lipinski definition) is 3. The van der Waals surface area contributed by atoms with E-state index in [1.165, 1.54) is 0 Å². The van der Waals surface area contributed by atoms with Gasteiger partial charge < -0.3 is 14.9 Å². The molecule has 0 bridgehead atoms. The molecule has 0 saturated carbocycles. The number of amides is 2. The summed E-state index contributed by atoms with van der Waals surface area (Å²) in [6, 6.07) is 1.98. The van der Waals surface area contributed by atoms with Crippen molar-refractivity contribution >= 4 is 39.3 Å². The van der Waals surface area contributed by atoms with E-state index in [4.69, 9.17) is 5.11 Å². The fourth-order valence-corrected chi connectivity index (χ4v) is 3.90. The van der Waals surface area contributed by atoms with Gasteiger partial charge in [0.05, 0.1) is 6.54 Å². The van der Waals surface area contributed by atoms with E-state index in [2.05, 4.69) is 15.9 Å². The number of likely N-dealkylation sites (tertiary alicyclic amines) is 1. The molecule has 2 heterocycles. The lowest BCUT2D eigenvalue weighted by molar-refractivity contribution is -0.138. The molecular formula is C13H17BrN2O3S. The Kier molecular flexibility index (Phi) is 5.04. The van der Waals surface area contributed by atoms with Crippen molar-refractivity contribution < 1.29 is 14.7 Å². The number of carbonyl (C=O) groups excluding carboxylic acids is 1. The number of carbonyl (C=O) groups is 2. The molecule has 110 valence electrons. The minimum Gasteiger partial charge on any atom is -0.481 e. The number of urea groups is 1. The molecule has 0 radical (unpaired) electrons. The molecule has 1 aliphatic rings. The number of thiophene rings is 1. The van der Waals surface area contributed by atoms with Gasteiger partial charge in [-0.2, -0.15) is 0 Å². The fourth-order valence-electron chi connectivity index (χ4n) is 2.40. The third-order valence-electron chi connectivity index (χ3n) is 3.36. The SMILES string of the molecule is CN(Cc1cc(Br)cs1)C(=O)N1CCC(CC(=O)O)C1. The molecule has 1 aliphatic heterocycles. The fraction of sp³-hybridized carbons (Fsp3) is 0.538. The van der Waals surface area contributed by atoms with Crippen molar-refractivity contribution in [1.29, 1.82) is 0 Å². The topological polar surface area (TPSA) is 60.9 Å². The summed E-state index contributed by atoms with van der Waals surface area (Å²) in [5.41, 5.74) is 0. The first-order valence-electron chi connectivity index (χ1n) is 6.40. The van der Waals surface area contributed by atoms with E-state index < -0.39 is 5.97 Å². The van der Waals surface area contributed by atoms with Gasteiger partial charge in [-0.1, -0.05) is 0 Å². The standard InChI is InChI=1S/C13H17BrN2O3S/c1-15(7-11-5-10(14)8-20-11)13(19)16-3-2-9(6-16)4-12(17)18/h5,8-9H,2-4,6-7H2,1H3,(H,17,18). The van der Waals surface area contributed by atoms with E-state index in [0.717, 1.165) is 15.8 Å². The van der Waals surface area contributed by atoms with Crippen LogP contribution in [-0.4, -0.2) is 47.0 Å². The maximum absolute atomic E-state index is 12.3. The van der Waals surface area contributed by atoms with Crippen LogP contribution in [0.15, 0.2) is 15.9 Å². The zero-order valence-corrected chi connectivity index (χ0v) is 13.6. The normalized spacial score (nSPS) is 18.3. The average molecular weight is 361 g/mol. The van der Waals surface area contributed by atoms with Crippen LogP contribution in [0.3, 0.4) is 0 Å². The summed E-state index contributed by atoms with van der Waals surface area (Å²) in [5, 5.41) is 10.8. The predicted molar refractivity (Wildman–Crippen MR) is 80.8 cm³/mol. The first-order valence-corrected chi connectivity index (χ1v) is 8.07. The monoisotopic (exact) mass is 360 g/mol. The highest BCUT2D eigenvalue weighted by atomic mass is 79.9. The lowest BCUT2D eigenvalue weighted by Gasteiger charge is -2.24. The summed E-state index contributed by atoms with van der Waals surface area (Å²) in [5.74, 6) is -0.707. The summed E-state index contributed by atoms with van der Waals surface area (Å²) < 4.78 is 1.03. The molecule has 1 N–H and O–H groups in total. The molecule has 0 spiro atoms. The zero-order chi connectivity index (χ0) is 14.7. The van der Waals surface area contributed by atoms with E-state index in [1.807, 2.05) is 11.4 Å². The number of halogens is 1. The van der Waals surface area contributed by atoms with Crippen LogP contribution < -0.4 is 0 Å². The van der Waals surface area contributed by atoms with Gasteiger partial charge in [-0.25, -0.2) is 4.79 Å². The maximum Gasteiger partial charge on any atom is 0.320 e. The van der Waals surface area contributed by atoms with Gasteiger partial charge in [0, 0.05) is 41.3 Å². The van der Waals surface area contributed by atoms with Gasteiger partial charge in [0.25, 0.3) is 0 Å². The number of rotatable bonds is 4. The first-order chi connectivity index (χ1) is 9.45.